The van der Waals surface area contributed by atoms with E-state index in [4.69, 9.17) is 5.11 Å². The third-order valence-corrected chi connectivity index (χ3v) is 1.81. The molecule has 4 heteroatoms. The molecular weight excluding hydrogens is 188 g/mol. The summed E-state index contributed by atoms with van der Waals surface area (Å²) in [6.07, 6.45) is 0.0507. The number of anilines is 1. The summed E-state index contributed by atoms with van der Waals surface area (Å²) in [7, 11) is 0. The predicted molar refractivity (Wildman–Crippen MR) is 51.1 cm³/mol. The molecule has 78 valence electrons. The smallest absolute Gasteiger partial charge is 0.146 e. The van der Waals surface area contributed by atoms with E-state index in [9.17, 15) is 8.78 Å². The van der Waals surface area contributed by atoms with Gasteiger partial charge in [0.15, 0.2) is 0 Å². The first-order valence-corrected chi connectivity index (χ1v) is 4.46. The van der Waals surface area contributed by atoms with E-state index in [0.29, 0.717) is 13.0 Å². The van der Waals surface area contributed by atoms with Crippen molar-refractivity contribution < 1.29 is 13.9 Å². The maximum atomic E-state index is 13.0. The van der Waals surface area contributed by atoms with Gasteiger partial charge in [-0.3, -0.25) is 0 Å². The topological polar surface area (TPSA) is 32.3 Å². The Kier molecular flexibility index (Phi) is 3.83. The van der Waals surface area contributed by atoms with E-state index in [1.807, 2.05) is 0 Å². The van der Waals surface area contributed by atoms with E-state index in [0.717, 1.165) is 18.2 Å². The molecule has 0 aliphatic carbocycles. The van der Waals surface area contributed by atoms with Gasteiger partial charge >= 0.3 is 0 Å². The fourth-order valence-corrected chi connectivity index (χ4v) is 1.05. The van der Waals surface area contributed by atoms with E-state index >= 15 is 0 Å². The summed E-state index contributed by atoms with van der Waals surface area (Å²) in [6, 6.07) is 3.23. The van der Waals surface area contributed by atoms with Crippen LogP contribution in [0.3, 0.4) is 0 Å². The molecule has 0 saturated heterocycles. The van der Waals surface area contributed by atoms with Gasteiger partial charge in [-0.05, 0) is 31.5 Å². The van der Waals surface area contributed by atoms with Crippen LogP contribution in [0.5, 0.6) is 0 Å². The van der Waals surface area contributed by atoms with Crippen molar-refractivity contribution in [3.05, 3.63) is 29.8 Å². The summed E-state index contributed by atoms with van der Waals surface area (Å²) in [6.45, 7) is 2.06. The van der Waals surface area contributed by atoms with Gasteiger partial charge in [0, 0.05) is 6.54 Å². The van der Waals surface area contributed by atoms with Crippen LogP contribution in [0.4, 0.5) is 14.5 Å². The minimum absolute atomic E-state index is 0.130. The molecule has 0 spiro atoms. The highest BCUT2D eigenvalue weighted by Crippen LogP contribution is 2.14. The molecule has 0 saturated carbocycles. The third kappa shape index (κ3) is 3.30. The first-order chi connectivity index (χ1) is 6.59. The van der Waals surface area contributed by atoms with Crippen molar-refractivity contribution in [3.8, 4) is 0 Å². The highest BCUT2D eigenvalue weighted by atomic mass is 19.1. The van der Waals surface area contributed by atoms with Gasteiger partial charge in [0.2, 0.25) is 0 Å². The minimum Gasteiger partial charge on any atom is -0.393 e. The summed E-state index contributed by atoms with van der Waals surface area (Å²) in [4.78, 5) is 0. The molecule has 0 radical (unpaired) electrons. The average Bonchev–Trinajstić information content (AvgIpc) is 2.10. The maximum Gasteiger partial charge on any atom is 0.146 e. The number of nitrogens with one attached hydrogen (secondary N) is 1. The SMILES string of the molecule is CC(O)CCNc1cc(F)ccc1F. The molecule has 0 heterocycles. The Balaban J connectivity index is 2.53. The molecule has 1 rings (SSSR count). The molecule has 2 N–H and O–H groups in total. The second kappa shape index (κ2) is 4.91. The Morgan fingerprint density at radius 1 is 1.43 bits per heavy atom. The summed E-state index contributed by atoms with van der Waals surface area (Å²) in [5, 5.41) is 11.7. The molecule has 2 nitrogen and oxygen atoms in total. The van der Waals surface area contributed by atoms with Crippen molar-refractivity contribution in [3.63, 3.8) is 0 Å². The van der Waals surface area contributed by atoms with Gasteiger partial charge in [0.05, 0.1) is 11.8 Å². The molecule has 0 aliphatic rings. The van der Waals surface area contributed by atoms with E-state index in [1.54, 1.807) is 6.92 Å². The van der Waals surface area contributed by atoms with Crippen molar-refractivity contribution in [2.45, 2.75) is 19.4 Å². The second-order valence-electron chi connectivity index (χ2n) is 3.19. The molecule has 0 bridgehead atoms. The van der Waals surface area contributed by atoms with Crippen molar-refractivity contribution in [2.75, 3.05) is 11.9 Å². The lowest BCUT2D eigenvalue weighted by Gasteiger charge is -2.08. The maximum absolute atomic E-state index is 13.0. The fourth-order valence-electron chi connectivity index (χ4n) is 1.05. The molecule has 0 amide bonds. The summed E-state index contributed by atoms with van der Waals surface area (Å²) < 4.78 is 25.7. The molecule has 0 fully saturated rings. The summed E-state index contributed by atoms with van der Waals surface area (Å²) in [5.74, 6) is -0.970. The van der Waals surface area contributed by atoms with Crippen LogP contribution in [0.1, 0.15) is 13.3 Å². The number of aliphatic hydroxyl groups excluding tert-OH is 1. The highest BCUT2D eigenvalue weighted by Gasteiger charge is 2.03. The van der Waals surface area contributed by atoms with Crippen molar-refractivity contribution in [1.82, 2.24) is 0 Å². The molecule has 0 aliphatic heterocycles. The van der Waals surface area contributed by atoms with Crippen molar-refractivity contribution >= 4 is 5.69 Å². The van der Waals surface area contributed by atoms with E-state index < -0.39 is 17.7 Å². The molecule has 1 unspecified atom stereocenters. The fraction of sp³-hybridized carbons (Fsp3) is 0.400. The Hall–Kier alpha value is -1.16. The van der Waals surface area contributed by atoms with Crippen molar-refractivity contribution in [2.24, 2.45) is 0 Å². The molecule has 1 aromatic carbocycles. The Bertz CT molecular complexity index is 302. The van der Waals surface area contributed by atoms with Crippen LogP contribution < -0.4 is 5.32 Å². The van der Waals surface area contributed by atoms with E-state index in [-0.39, 0.29) is 5.69 Å². The largest absolute Gasteiger partial charge is 0.393 e. The standard InChI is InChI=1S/C10H13F2NO/c1-7(14)4-5-13-10-6-8(11)2-3-9(10)12/h2-3,6-7,13-14H,4-5H2,1H3. The highest BCUT2D eigenvalue weighted by molar-refractivity contribution is 5.44. The number of hydrogen-bond acceptors (Lipinski definition) is 2. The second-order valence-corrected chi connectivity index (χ2v) is 3.19. The van der Waals surface area contributed by atoms with E-state index in [2.05, 4.69) is 5.32 Å². The van der Waals surface area contributed by atoms with Crippen molar-refractivity contribution in [1.29, 1.82) is 0 Å². The number of rotatable bonds is 4. The van der Waals surface area contributed by atoms with Crippen LogP contribution in [0.2, 0.25) is 0 Å². The van der Waals surface area contributed by atoms with Crippen LogP contribution in [0.15, 0.2) is 18.2 Å². The minimum atomic E-state index is -0.489. The van der Waals surface area contributed by atoms with Crippen LogP contribution in [0.25, 0.3) is 0 Å². The van der Waals surface area contributed by atoms with Crippen LogP contribution >= 0.6 is 0 Å². The predicted octanol–water partition coefficient (Wildman–Crippen LogP) is 2.15. The Morgan fingerprint density at radius 3 is 2.79 bits per heavy atom. The lowest BCUT2D eigenvalue weighted by Crippen LogP contribution is -2.10. The van der Waals surface area contributed by atoms with Gasteiger partial charge in [0.25, 0.3) is 0 Å². The van der Waals surface area contributed by atoms with E-state index in [1.165, 1.54) is 0 Å². The summed E-state index contributed by atoms with van der Waals surface area (Å²) >= 11 is 0. The molecular formula is C10H13F2NO. The van der Waals surface area contributed by atoms with Crippen LogP contribution in [-0.2, 0) is 0 Å². The van der Waals surface area contributed by atoms with Gasteiger partial charge in [-0.25, -0.2) is 8.78 Å². The number of halogens is 2. The quantitative estimate of drug-likeness (QED) is 0.782. The number of benzene rings is 1. The normalized spacial score (nSPS) is 12.6. The third-order valence-electron chi connectivity index (χ3n) is 1.81. The zero-order chi connectivity index (χ0) is 10.6. The van der Waals surface area contributed by atoms with Crippen LogP contribution in [-0.4, -0.2) is 17.8 Å². The Labute approximate surface area is 81.6 Å². The summed E-state index contributed by atoms with van der Waals surface area (Å²) in [5.41, 5.74) is 0.130. The molecule has 1 aromatic rings. The average molecular weight is 201 g/mol. The number of aliphatic hydroxyl groups is 1. The first kappa shape index (κ1) is 10.9. The molecule has 0 aromatic heterocycles. The van der Waals surface area contributed by atoms with Gasteiger partial charge in [-0.2, -0.15) is 0 Å². The zero-order valence-corrected chi connectivity index (χ0v) is 7.93. The van der Waals surface area contributed by atoms with Crippen LogP contribution in [0, 0.1) is 11.6 Å². The zero-order valence-electron chi connectivity index (χ0n) is 7.93. The number of hydrogen-bond donors (Lipinski definition) is 2. The molecule has 1 atom stereocenters. The van der Waals surface area contributed by atoms with Gasteiger partial charge < -0.3 is 10.4 Å². The van der Waals surface area contributed by atoms with Gasteiger partial charge in [-0.1, -0.05) is 0 Å². The van der Waals surface area contributed by atoms with Gasteiger partial charge in [0.1, 0.15) is 11.6 Å². The monoisotopic (exact) mass is 201 g/mol. The lowest BCUT2D eigenvalue weighted by molar-refractivity contribution is 0.188. The molecule has 14 heavy (non-hydrogen) atoms. The Morgan fingerprint density at radius 2 is 2.14 bits per heavy atom. The first-order valence-electron chi connectivity index (χ1n) is 4.46. The van der Waals surface area contributed by atoms with Gasteiger partial charge in [-0.15, -0.1) is 0 Å². The lowest BCUT2D eigenvalue weighted by atomic mass is 10.2.